The van der Waals surface area contributed by atoms with Crippen LogP contribution in [0, 0.1) is 5.92 Å². The van der Waals surface area contributed by atoms with Crippen LogP contribution in [-0.2, 0) is 0 Å². The summed E-state index contributed by atoms with van der Waals surface area (Å²) in [6.07, 6.45) is 4.41. The van der Waals surface area contributed by atoms with E-state index in [1.807, 2.05) is 0 Å². The fourth-order valence-corrected chi connectivity index (χ4v) is 2.05. The van der Waals surface area contributed by atoms with Crippen LogP contribution >= 0.6 is 0 Å². The average molecular weight is 232 g/mol. The second-order valence-electron chi connectivity index (χ2n) is 4.52. The first-order valence-corrected chi connectivity index (χ1v) is 5.99. The van der Waals surface area contributed by atoms with Crippen molar-refractivity contribution in [1.82, 2.24) is 20.2 Å². The Kier molecular flexibility index (Phi) is 2.35. The Morgan fingerprint density at radius 3 is 3.00 bits per heavy atom. The average Bonchev–Trinajstić information content (AvgIpc) is 3.01. The van der Waals surface area contributed by atoms with E-state index in [9.17, 15) is 0 Å². The summed E-state index contributed by atoms with van der Waals surface area (Å²) in [7, 11) is 0. The molecular weight excluding hydrogens is 216 g/mol. The second kappa shape index (κ2) is 3.87. The number of rotatable bonds is 4. The van der Waals surface area contributed by atoms with Gasteiger partial charge in [-0.15, -0.1) is 0 Å². The van der Waals surface area contributed by atoms with Crippen LogP contribution in [-0.4, -0.2) is 33.3 Å². The Bertz CT molecular complexity index is 530. The van der Waals surface area contributed by atoms with Crippen molar-refractivity contribution in [3.63, 3.8) is 0 Å². The molecule has 0 radical (unpaired) electrons. The summed E-state index contributed by atoms with van der Waals surface area (Å²) in [6.45, 7) is 4.10. The molecule has 0 spiro atoms. The lowest BCUT2D eigenvalue weighted by molar-refractivity contribution is 0.734. The standard InChI is InChI=1S/C11H16N6/c1-2-17(6-7-3-4-7)10-8-5-13-16-9(8)14-11(12)15-10/h5,7H,2-4,6H2,1H3,(H3,12,13,14,15,16). The van der Waals surface area contributed by atoms with Gasteiger partial charge in [-0.3, -0.25) is 5.10 Å². The van der Waals surface area contributed by atoms with Crippen molar-refractivity contribution < 1.29 is 0 Å². The minimum atomic E-state index is 0.297. The molecule has 17 heavy (non-hydrogen) atoms. The molecule has 1 saturated carbocycles. The van der Waals surface area contributed by atoms with Crippen LogP contribution in [0.4, 0.5) is 11.8 Å². The highest BCUT2D eigenvalue weighted by molar-refractivity contribution is 5.87. The van der Waals surface area contributed by atoms with Crippen molar-refractivity contribution in [3.8, 4) is 0 Å². The quantitative estimate of drug-likeness (QED) is 0.826. The number of nitrogens with two attached hydrogens (primary N) is 1. The fourth-order valence-electron chi connectivity index (χ4n) is 2.05. The van der Waals surface area contributed by atoms with Gasteiger partial charge in [-0.05, 0) is 25.7 Å². The van der Waals surface area contributed by atoms with Crippen LogP contribution in [0.25, 0.3) is 11.0 Å². The molecule has 6 heteroatoms. The first-order chi connectivity index (χ1) is 8.28. The minimum Gasteiger partial charge on any atom is -0.368 e. The van der Waals surface area contributed by atoms with E-state index in [1.54, 1.807) is 6.20 Å². The summed E-state index contributed by atoms with van der Waals surface area (Å²) >= 11 is 0. The maximum atomic E-state index is 5.73. The van der Waals surface area contributed by atoms with Crippen LogP contribution in [0.3, 0.4) is 0 Å². The van der Waals surface area contributed by atoms with Gasteiger partial charge < -0.3 is 10.6 Å². The molecule has 1 fully saturated rings. The summed E-state index contributed by atoms with van der Waals surface area (Å²) in [6, 6.07) is 0. The number of hydrogen-bond acceptors (Lipinski definition) is 5. The van der Waals surface area contributed by atoms with Gasteiger partial charge in [0.05, 0.1) is 11.6 Å². The molecule has 2 aromatic heterocycles. The summed E-state index contributed by atoms with van der Waals surface area (Å²) in [5.74, 6) is 2.01. The maximum Gasteiger partial charge on any atom is 0.224 e. The highest BCUT2D eigenvalue weighted by Gasteiger charge is 2.25. The van der Waals surface area contributed by atoms with Crippen molar-refractivity contribution in [2.45, 2.75) is 19.8 Å². The Balaban J connectivity index is 2.03. The molecule has 0 aromatic carbocycles. The molecule has 0 unspecified atom stereocenters. The van der Waals surface area contributed by atoms with Crippen molar-refractivity contribution in [2.75, 3.05) is 23.7 Å². The number of fused-ring (bicyclic) bond motifs is 1. The van der Waals surface area contributed by atoms with Crippen molar-refractivity contribution in [3.05, 3.63) is 6.20 Å². The molecule has 2 heterocycles. The predicted octanol–water partition coefficient (Wildman–Crippen LogP) is 1.17. The molecule has 0 aliphatic heterocycles. The Hall–Kier alpha value is -1.85. The number of nitrogens with zero attached hydrogens (tertiary/aromatic N) is 4. The molecule has 3 rings (SSSR count). The van der Waals surface area contributed by atoms with Crippen LogP contribution in [0.1, 0.15) is 19.8 Å². The topological polar surface area (TPSA) is 83.7 Å². The van der Waals surface area contributed by atoms with E-state index in [0.717, 1.165) is 30.2 Å². The van der Waals surface area contributed by atoms with Gasteiger partial charge in [-0.1, -0.05) is 0 Å². The van der Waals surface area contributed by atoms with Crippen LogP contribution in [0.2, 0.25) is 0 Å². The van der Waals surface area contributed by atoms with Crippen molar-refractivity contribution >= 4 is 22.8 Å². The van der Waals surface area contributed by atoms with Crippen LogP contribution in [0.15, 0.2) is 6.20 Å². The molecule has 0 bridgehead atoms. The molecule has 2 aromatic rings. The van der Waals surface area contributed by atoms with Gasteiger partial charge in [0.15, 0.2) is 5.65 Å². The van der Waals surface area contributed by atoms with Crippen molar-refractivity contribution in [1.29, 1.82) is 0 Å². The zero-order valence-electron chi connectivity index (χ0n) is 9.85. The van der Waals surface area contributed by atoms with Gasteiger partial charge in [0.1, 0.15) is 5.82 Å². The van der Waals surface area contributed by atoms with Gasteiger partial charge in [-0.25, -0.2) is 0 Å². The minimum absolute atomic E-state index is 0.297. The van der Waals surface area contributed by atoms with Crippen LogP contribution in [0.5, 0.6) is 0 Å². The number of aromatic amines is 1. The van der Waals surface area contributed by atoms with E-state index in [2.05, 4.69) is 32.0 Å². The lowest BCUT2D eigenvalue weighted by Crippen LogP contribution is -2.26. The summed E-state index contributed by atoms with van der Waals surface area (Å²) < 4.78 is 0. The number of nitrogen functional groups attached to an aromatic ring is 1. The van der Waals surface area contributed by atoms with Gasteiger partial charge in [0, 0.05) is 13.1 Å². The highest BCUT2D eigenvalue weighted by Crippen LogP contribution is 2.32. The third-order valence-corrected chi connectivity index (χ3v) is 3.16. The third-order valence-electron chi connectivity index (χ3n) is 3.16. The summed E-state index contributed by atoms with van der Waals surface area (Å²) in [4.78, 5) is 10.7. The molecule has 0 atom stereocenters. The number of H-pyrrole nitrogens is 1. The number of aromatic nitrogens is 4. The molecule has 3 N–H and O–H groups in total. The van der Waals surface area contributed by atoms with Gasteiger partial charge in [0.2, 0.25) is 5.95 Å². The Morgan fingerprint density at radius 1 is 1.47 bits per heavy atom. The number of nitrogens with one attached hydrogen (secondary N) is 1. The van der Waals surface area contributed by atoms with Crippen molar-refractivity contribution in [2.24, 2.45) is 5.92 Å². The second-order valence-corrected chi connectivity index (χ2v) is 4.52. The summed E-state index contributed by atoms with van der Waals surface area (Å²) in [5.41, 5.74) is 6.44. The number of anilines is 2. The molecule has 1 aliphatic rings. The first-order valence-electron chi connectivity index (χ1n) is 5.99. The van der Waals surface area contributed by atoms with Gasteiger partial charge in [-0.2, -0.15) is 15.1 Å². The van der Waals surface area contributed by atoms with Crippen LogP contribution < -0.4 is 10.6 Å². The largest absolute Gasteiger partial charge is 0.368 e. The van der Waals surface area contributed by atoms with Gasteiger partial charge >= 0.3 is 0 Å². The molecular formula is C11H16N6. The normalized spacial score (nSPS) is 15.4. The maximum absolute atomic E-state index is 5.73. The fraction of sp³-hybridized carbons (Fsp3) is 0.545. The Morgan fingerprint density at radius 2 is 2.29 bits per heavy atom. The molecule has 6 nitrogen and oxygen atoms in total. The Labute approximate surface area is 99.2 Å². The highest BCUT2D eigenvalue weighted by atomic mass is 15.2. The molecule has 0 saturated heterocycles. The van der Waals surface area contributed by atoms with E-state index >= 15 is 0 Å². The monoisotopic (exact) mass is 232 g/mol. The van der Waals surface area contributed by atoms with E-state index in [0.29, 0.717) is 11.6 Å². The van der Waals surface area contributed by atoms with Gasteiger partial charge in [0.25, 0.3) is 0 Å². The zero-order valence-corrected chi connectivity index (χ0v) is 9.85. The third kappa shape index (κ3) is 1.90. The zero-order chi connectivity index (χ0) is 11.8. The van der Waals surface area contributed by atoms with E-state index in [-0.39, 0.29) is 0 Å². The first kappa shape index (κ1) is 10.3. The van der Waals surface area contributed by atoms with E-state index in [4.69, 9.17) is 5.73 Å². The summed E-state index contributed by atoms with van der Waals surface area (Å²) in [5, 5.41) is 7.79. The SMILES string of the molecule is CCN(CC1CC1)c1nc(N)nc2[nH]ncc12. The molecule has 1 aliphatic carbocycles. The number of hydrogen-bond donors (Lipinski definition) is 2. The van der Waals surface area contributed by atoms with E-state index < -0.39 is 0 Å². The van der Waals surface area contributed by atoms with E-state index in [1.165, 1.54) is 12.8 Å². The molecule has 0 amide bonds. The smallest absolute Gasteiger partial charge is 0.224 e. The lowest BCUT2D eigenvalue weighted by Gasteiger charge is -2.22. The lowest BCUT2D eigenvalue weighted by atomic mass is 10.3. The predicted molar refractivity (Wildman–Crippen MR) is 66.7 cm³/mol. The molecule has 90 valence electrons.